The van der Waals surface area contributed by atoms with Crippen LogP contribution in [0.4, 0.5) is 4.39 Å². The van der Waals surface area contributed by atoms with E-state index in [9.17, 15) is 4.39 Å². The lowest BCUT2D eigenvalue weighted by atomic mass is 9.96. The van der Waals surface area contributed by atoms with Crippen molar-refractivity contribution in [2.75, 3.05) is 13.2 Å². The van der Waals surface area contributed by atoms with Gasteiger partial charge in [0, 0.05) is 5.41 Å². The third-order valence-corrected chi connectivity index (χ3v) is 2.18. The van der Waals surface area contributed by atoms with Gasteiger partial charge in [-0.3, -0.25) is 0 Å². The van der Waals surface area contributed by atoms with Gasteiger partial charge in [0.05, 0.1) is 13.2 Å². The number of benzene rings is 1. The molecule has 0 amide bonds. The van der Waals surface area contributed by atoms with E-state index in [0.29, 0.717) is 12.4 Å². The van der Waals surface area contributed by atoms with E-state index in [-0.39, 0.29) is 17.8 Å². The smallest absolute Gasteiger partial charge is 0.123 e. The Morgan fingerprint density at radius 1 is 1.40 bits per heavy atom. The van der Waals surface area contributed by atoms with Gasteiger partial charge in [0.1, 0.15) is 11.6 Å². The summed E-state index contributed by atoms with van der Waals surface area (Å²) in [5, 5.41) is 9.05. The molecule has 1 aromatic rings. The predicted octanol–water partition coefficient (Wildman–Crippen LogP) is 2.53. The number of hydrogen-bond acceptors (Lipinski definition) is 2. The molecule has 0 spiro atoms. The van der Waals surface area contributed by atoms with Gasteiger partial charge in [0.2, 0.25) is 0 Å². The molecule has 15 heavy (non-hydrogen) atoms. The van der Waals surface area contributed by atoms with E-state index in [0.717, 1.165) is 5.56 Å². The van der Waals surface area contributed by atoms with E-state index in [1.165, 1.54) is 12.1 Å². The standard InChI is InChI=1S/C12H17FO2/c1-9-6-10(13)4-5-11(9)15-8-12(2,3)7-14/h4-6,14H,7-8H2,1-3H3. The minimum Gasteiger partial charge on any atom is -0.493 e. The normalized spacial score (nSPS) is 11.5. The van der Waals surface area contributed by atoms with Crippen LogP contribution < -0.4 is 4.74 Å². The fourth-order valence-electron chi connectivity index (χ4n) is 1.09. The van der Waals surface area contributed by atoms with Gasteiger partial charge in [-0.25, -0.2) is 4.39 Å². The molecule has 0 aliphatic rings. The van der Waals surface area contributed by atoms with Gasteiger partial charge in [-0.1, -0.05) is 13.8 Å². The molecule has 84 valence electrons. The molecular formula is C12H17FO2. The Morgan fingerprint density at radius 3 is 2.60 bits per heavy atom. The fraction of sp³-hybridized carbons (Fsp3) is 0.500. The molecule has 0 aromatic heterocycles. The van der Waals surface area contributed by atoms with Crippen LogP contribution in [-0.4, -0.2) is 18.3 Å². The Morgan fingerprint density at radius 2 is 2.07 bits per heavy atom. The van der Waals surface area contributed by atoms with Gasteiger partial charge in [-0.15, -0.1) is 0 Å². The Balaban J connectivity index is 2.66. The maximum absolute atomic E-state index is 12.8. The fourth-order valence-corrected chi connectivity index (χ4v) is 1.09. The summed E-state index contributed by atoms with van der Waals surface area (Å²) in [6, 6.07) is 4.41. The number of halogens is 1. The average Bonchev–Trinajstić information content (AvgIpc) is 2.16. The number of hydrogen-bond donors (Lipinski definition) is 1. The van der Waals surface area contributed by atoms with E-state index in [2.05, 4.69) is 0 Å². The summed E-state index contributed by atoms with van der Waals surface area (Å²) in [7, 11) is 0. The first kappa shape index (κ1) is 12.0. The van der Waals surface area contributed by atoms with Crippen LogP contribution >= 0.6 is 0 Å². The van der Waals surface area contributed by atoms with Crippen molar-refractivity contribution >= 4 is 0 Å². The Bertz CT molecular complexity index is 334. The Labute approximate surface area is 89.7 Å². The molecule has 0 unspecified atom stereocenters. The monoisotopic (exact) mass is 212 g/mol. The summed E-state index contributed by atoms with van der Waals surface area (Å²) in [4.78, 5) is 0. The second kappa shape index (κ2) is 4.62. The summed E-state index contributed by atoms with van der Waals surface area (Å²) in [6.07, 6.45) is 0. The average molecular weight is 212 g/mol. The third-order valence-electron chi connectivity index (χ3n) is 2.18. The van der Waals surface area contributed by atoms with Crippen LogP contribution in [0.5, 0.6) is 5.75 Å². The molecule has 3 heteroatoms. The quantitative estimate of drug-likeness (QED) is 0.831. The van der Waals surface area contributed by atoms with E-state index in [1.807, 2.05) is 13.8 Å². The molecule has 1 N–H and O–H groups in total. The highest BCUT2D eigenvalue weighted by atomic mass is 19.1. The Kier molecular flexibility index (Phi) is 3.69. The SMILES string of the molecule is Cc1cc(F)ccc1OCC(C)(C)CO. The highest BCUT2D eigenvalue weighted by molar-refractivity contribution is 5.32. The van der Waals surface area contributed by atoms with Crippen molar-refractivity contribution in [1.29, 1.82) is 0 Å². The van der Waals surface area contributed by atoms with Crippen LogP contribution in [-0.2, 0) is 0 Å². The largest absolute Gasteiger partial charge is 0.493 e. The highest BCUT2D eigenvalue weighted by Crippen LogP contribution is 2.22. The molecule has 0 radical (unpaired) electrons. The second-order valence-corrected chi connectivity index (χ2v) is 4.52. The summed E-state index contributed by atoms with van der Waals surface area (Å²) >= 11 is 0. The highest BCUT2D eigenvalue weighted by Gasteiger charge is 2.17. The lowest BCUT2D eigenvalue weighted by molar-refractivity contribution is 0.0971. The van der Waals surface area contributed by atoms with E-state index >= 15 is 0 Å². The molecular weight excluding hydrogens is 195 g/mol. The van der Waals surface area contributed by atoms with Gasteiger partial charge in [0.25, 0.3) is 0 Å². The first-order valence-corrected chi connectivity index (χ1v) is 4.94. The van der Waals surface area contributed by atoms with Gasteiger partial charge < -0.3 is 9.84 Å². The van der Waals surface area contributed by atoms with Crippen LogP contribution in [0.25, 0.3) is 0 Å². The molecule has 1 aromatic carbocycles. The molecule has 2 nitrogen and oxygen atoms in total. The first-order valence-electron chi connectivity index (χ1n) is 4.94. The van der Waals surface area contributed by atoms with E-state index in [1.54, 1.807) is 13.0 Å². The molecule has 0 bridgehead atoms. The van der Waals surface area contributed by atoms with Crippen molar-refractivity contribution in [2.45, 2.75) is 20.8 Å². The van der Waals surface area contributed by atoms with Gasteiger partial charge in [-0.05, 0) is 30.7 Å². The molecule has 0 aliphatic heterocycles. The molecule has 0 aliphatic carbocycles. The van der Waals surface area contributed by atoms with Crippen LogP contribution in [0.3, 0.4) is 0 Å². The first-order chi connectivity index (χ1) is 6.94. The molecule has 1 rings (SSSR count). The summed E-state index contributed by atoms with van der Waals surface area (Å²) < 4.78 is 18.3. The predicted molar refractivity (Wildman–Crippen MR) is 57.5 cm³/mol. The number of ether oxygens (including phenoxy) is 1. The number of aryl methyl sites for hydroxylation is 1. The van der Waals surface area contributed by atoms with Crippen molar-refractivity contribution in [1.82, 2.24) is 0 Å². The van der Waals surface area contributed by atoms with Crippen LogP contribution in [0, 0.1) is 18.2 Å². The zero-order valence-electron chi connectivity index (χ0n) is 9.38. The number of aliphatic hydroxyl groups excluding tert-OH is 1. The maximum atomic E-state index is 12.8. The minimum absolute atomic E-state index is 0.0627. The van der Waals surface area contributed by atoms with Gasteiger partial charge in [-0.2, -0.15) is 0 Å². The van der Waals surface area contributed by atoms with Crippen LogP contribution in [0.2, 0.25) is 0 Å². The van der Waals surface area contributed by atoms with Crippen LogP contribution in [0.1, 0.15) is 19.4 Å². The summed E-state index contributed by atoms with van der Waals surface area (Å²) in [5.74, 6) is 0.402. The summed E-state index contributed by atoms with van der Waals surface area (Å²) in [5.41, 5.74) is 0.490. The lowest BCUT2D eigenvalue weighted by Crippen LogP contribution is -2.25. The molecule has 0 heterocycles. The van der Waals surface area contributed by atoms with Crippen molar-refractivity contribution in [3.05, 3.63) is 29.6 Å². The van der Waals surface area contributed by atoms with Gasteiger partial charge in [0.15, 0.2) is 0 Å². The van der Waals surface area contributed by atoms with Crippen molar-refractivity contribution in [2.24, 2.45) is 5.41 Å². The zero-order chi connectivity index (χ0) is 11.5. The summed E-state index contributed by atoms with van der Waals surface area (Å²) in [6.45, 7) is 6.09. The Hall–Kier alpha value is -1.09. The van der Waals surface area contributed by atoms with E-state index < -0.39 is 0 Å². The molecule has 0 saturated carbocycles. The lowest BCUT2D eigenvalue weighted by Gasteiger charge is -2.22. The molecule has 0 saturated heterocycles. The van der Waals surface area contributed by atoms with Crippen molar-refractivity contribution in [3.8, 4) is 5.75 Å². The second-order valence-electron chi connectivity index (χ2n) is 4.52. The maximum Gasteiger partial charge on any atom is 0.123 e. The molecule has 0 fully saturated rings. The van der Waals surface area contributed by atoms with Crippen molar-refractivity contribution in [3.63, 3.8) is 0 Å². The van der Waals surface area contributed by atoms with Crippen molar-refractivity contribution < 1.29 is 14.2 Å². The van der Waals surface area contributed by atoms with Crippen LogP contribution in [0.15, 0.2) is 18.2 Å². The minimum atomic E-state index is -0.277. The molecule has 0 atom stereocenters. The zero-order valence-corrected chi connectivity index (χ0v) is 9.38. The van der Waals surface area contributed by atoms with Gasteiger partial charge >= 0.3 is 0 Å². The topological polar surface area (TPSA) is 29.5 Å². The van der Waals surface area contributed by atoms with E-state index in [4.69, 9.17) is 9.84 Å². The number of aliphatic hydroxyl groups is 1. The number of rotatable bonds is 4. The third kappa shape index (κ3) is 3.51.